The van der Waals surface area contributed by atoms with Crippen molar-refractivity contribution in [2.45, 2.75) is 19.1 Å². The highest BCUT2D eigenvalue weighted by atomic mass is 16.6. The lowest BCUT2D eigenvalue weighted by molar-refractivity contribution is -0.386. The van der Waals surface area contributed by atoms with Gasteiger partial charge >= 0.3 is 5.97 Å². The largest absolute Gasteiger partial charge is 0.465 e. The number of rotatable bonds is 5. The zero-order valence-corrected chi connectivity index (χ0v) is 9.78. The number of ether oxygens (including phenoxy) is 1. The second-order valence-electron chi connectivity index (χ2n) is 3.54. The van der Waals surface area contributed by atoms with Crippen LogP contribution in [0, 0.1) is 10.1 Å². The Labute approximate surface area is 103 Å². The molecule has 18 heavy (non-hydrogen) atoms. The van der Waals surface area contributed by atoms with E-state index in [1.165, 1.54) is 24.3 Å². The molecule has 0 saturated carbocycles. The second-order valence-corrected chi connectivity index (χ2v) is 3.54. The Kier molecular flexibility index (Phi) is 4.75. The molecule has 0 spiro atoms. The summed E-state index contributed by atoms with van der Waals surface area (Å²) in [6.45, 7) is 1.72. The summed E-state index contributed by atoms with van der Waals surface area (Å²) in [7, 11) is 0. The van der Waals surface area contributed by atoms with Gasteiger partial charge in [-0.2, -0.15) is 0 Å². The van der Waals surface area contributed by atoms with Crippen LogP contribution in [-0.2, 0) is 9.53 Å². The van der Waals surface area contributed by atoms with Crippen LogP contribution in [0.1, 0.15) is 18.6 Å². The molecule has 7 heteroatoms. The van der Waals surface area contributed by atoms with Gasteiger partial charge in [-0.05, 0) is 13.0 Å². The summed E-state index contributed by atoms with van der Waals surface area (Å²) in [6, 6.07) is 4.21. The summed E-state index contributed by atoms with van der Waals surface area (Å²) < 4.78 is 4.65. The molecule has 0 fully saturated rings. The average molecular weight is 254 g/mol. The van der Waals surface area contributed by atoms with Crippen molar-refractivity contribution in [2.75, 3.05) is 6.61 Å². The molecule has 2 atom stereocenters. The van der Waals surface area contributed by atoms with Crippen LogP contribution < -0.4 is 5.73 Å². The van der Waals surface area contributed by atoms with E-state index in [9.17, 15) is 20.0 Å². The quantitative estimate of drug-likeness (QED) is 0.449. The van der Waals surface area contributed by atoms with Gasteiger partial charge in [0.15, 0.2) is 0 Å². The maximum Gasteiger partial charge on any atom is 0.325 e. The van der Waals surface area contributed by atoms with Crippen LogP contribution in [0.5, 0.6) is 0 Å². The number of nitro benzene ring substituents is 1. The first-order valence-electron chi connectivity index (χ1n) is 5.32. The molecule has 0 aliphatic rings. The molecule has 0 heterocycles. The third-order valence-corrected chi connectivity index (χ3v) is 2.35. The van der Waals surface area contributed by atoms with Crippen LogP contribution in [-0.4, -0.2) is 28.6 Å². The van der Waals surface area contributed by atoms with E-state index in [0.717, 1.165) is 0 Å². The van der Waals surface area contributed by atoms with Crippen molar-refractivity contribution < 1.29 is 19.6 Å². The SMILES string of the molecule is CCOC(=O)[C@H](N)[C@@H](O)c1ccccc1[N+](=O)[O-]. The molecule has 1 aromatic rings. The molecule has 1 aromatic carbocycles. The standard InChI is InChI=1S/C11H14N2O5/c1-2-18-11(15)9(12)10(14)7-5-3-4-6-8(7)13(16)17/h3-6,9-10,14H,2,12H2,1H3/t9-,10+/m1/s1. The van der Waals surface area contributed by atoms with Crippen molar-refractivity contribution in [3.8, 4) is 0 Å². The number of esters is 1. The Morgan fingerprint density at radius 2 is 2.17 bits per heavy atom. The van der Waals surface area contributed by atoms with E-state index in [0.29, 0.717) is 0 Å². The molecule has 0 aliphatic heterocycles. The van der Waals surface area contributed by atoms with Crippen LogP contribution in [0.25, 0.3) is 0 Å². The molecule has 0 aromatic heterocycles. The first-order chi connectivity index (χ1) is 8.49. The van der Waals surface area contributed by atoms with E-state index in [2.05, 4.69) is 4.74 Å². The number of aliphatic hydroxyl groups excluding tert-OH is 1. The van der Waals surface area contributed by atoms with Gasteiger partial charge in [-0.25, -0.2) is 0 Å². The molecule has 0 radical (unpaired) electrons. The van der Waals surface area contributed by atoms with Crippen molar-refractivity contribution in [1.82, 2.24) is 0 Å². The number of nitrogens with two attached hydrogens (primary N) is 1. The molecule has 3 N–H and O–H groups in total. The third-order valence-electron chi connectivity index (χ3n) is 2.35. The average Bonchev–Trinajstić information content (AvgIpc) is 2.37. The number of hydrogen-bond acceptors (Lipinski definition) is 6. The maximum atomic E-state index is 11.4. The fourth-order valence-electron chi connectivity index (χ4n) is 1.46. The summed E-state index contributed by atoms with van der Waals surface area (Å²) in [5.74, 6) is -0.803. The molecule has 0 saturated heterocycles. The number of nitrogens with zero attached hydrogens (tertiary/aromatic N) is 1. The van der Waals surface area contributed by atoms with E-state index < -0.39 is 23.0 Å². The Morgan fingerprint density at radius 3 is 2.72 bits per heavy atom. The summed E-state index contributed by atoms with van der Waals surface area (Å²) in [5.41, 5.74) is 5.20. The Morgan fingerprint density at radius 1 is 1.56 bits per heavy atom. The van der Waals surface area contributed by atoms with Gasteiger partial charge in [-0.1, -0.05) is 12.1 Å². The highest BCUT2D eigenvalue weighted by molar-refractivity contribution is 5.76. The van der Waals surface area contributed by atoms with Crippen molar-refractivity contribution in [1.29, 1.82) is 0 Å². The Hall–Kier alpha value is -1.99. The number of benzene rings is 1. The fraction of sp³-hybridized carbons (Fsp3) is 0.364. The third kappa shape index (κ3) is 3.02. The molecule has 98 valence electrons. The minimum Gasteiger partial charge on any atom is -0.465 e. The van der Waals surface area contributed by atoms with Crippen LogP contribution in [0.15, 0.2) is 24.3 Å². The molecule has 7 nitrogen and oxygen atoms in total. The highest BCUT2D eigenvalue weighted by Crippen LogP contribution is 2.26. The summed E-state index contributed by atoms with van der Waals surface area (Å²) in [4.78, 5) is 21.5. The molecular weight excluding hydrogens is 240 g/mol. The smallest absolute Gasteiger partial charge is 0.325 e. The lowest BCUT2D eigenvalue weighted by atomic mass is 10.0. The van der Waals surface area contributed by atoms with Crippen molar-refractivity contribution in [2.24, 2.45) is 5.73 Å². The van der Waals surface area contributed by atoms with Crippen LogP contribution in [0.3, 0.4) is 0 Å². The van der Waals surface area contributed by atoms with Gasteiger partial charge < -0.3 is 15.6 Å². The zero-order valence-electron chi connectivity index (χ0n) is 9.78. The van der Waals surface area contributed by atoms with Gasteiger partial charge in [-0.15, -0.1) is 0 Å². The topological polar surface area (TPSA) is 116 Å². The summed E-state index contributed by atoms with van der Waals surface area (Å²) >= 11 is 0. The fourth-order valence-corrected chi connectivity index (χ4v) is 1.46. The highest BCUT2D eigenvalue weighted by Gasteiger charge is 2.30. The normalized spacial score (nSPS) is 13.7. The second kappa shape index (κ2) is 6.08. The number of hydrogen-bond donors (Lipinski definition) is 2. The maximum absolute atomic E-state index is 11.4. The van der Waals surface area contributed by atoms with Gasteiger partial charge in [0.05, 0.1) is 17.1 Å². The van der Waals surface area contributed by atoms with E-state index in [1.54, 1.807) is 6.92 Å². The molecule has 0 unspecified atom stereocenters. The van der Waals surface area contributed by atoms with Gasteiger partial charge in [-0.3, -0.25) is 14.9 Å². The molecular formula is C11H14N2O5. The molecule has 1 rings (SSSR count). The van der Waals surface area contributed by atoms with E-state index in [-0.39, 0.29) is 17.9 Å². The monoisotopic (exact) mass is 254 g/mol. The van der Waals surface area contributed by atoms with Crippen LogP contribution >= 0.6 is 0 Å². The molecule has 0 amide bonds. The van der Waals surface area contributed by atoms with Crippen LogP contribution in [0.2, 0.25) is 0 Å². The van der Waals surface area contributed by atoms with E-state index in [4.69, 9.17) is 5.73 Å². The number of carbonyl (C=O) groups excluding carboxylic acids is 1. The predicted molar refractivity (Wildman–Crippen MR) is 62.7 cm³/mol. The van der Waals surface area contributed by atoms with Gasteiger partial charge in [0, 0.05) is 6.07 Å². The van der Waals surface area contributed by atoms with Gasteiger partial charge in [0.1, 0.15) is 12.1 Å². The Balaban J connectivity index is 2.99. The van der Waals surface area contributed by atoms with Gasteiger partial charge in [0.25, 0.3) is 5.69 Å². The predicted octanol–water partition coefficient (Wildman–Crippen LogP) is 0.519. The lowest BCUT2D eigenvalue weighted by Crippen LogP contribution is -2.38. The number of para-hydroxylation sites is 1. The number of nitro groups is 1. The van der Waals surface area contributed by atoms with Crippen molar-refractivity contribution in [3.05, 3.63) is 39.9 Å². The van der Waals surface area contributed by atoms with E-state index >= 15 is 0 Å². The summed E-state index contributed by atoms with van der Waals surface area (Å²) in [6.07, 6.45) is -1.48. The van der Waals surface area contributed by atoms with Crippen molar-refractivity contribution in [3.63, 3.8) is 0 Å². The first-order valence-corrected chi connectivity index (χ1v) is 5.32. The minimum atomic E-state index is -1.48. The number of carbonyl (C=O) groups is 1. The zero-order chi connectivity index (χ0) is 13.7. The van der Waals surface area contributed by atoms with Crippen LogP contribution in [0.4, 0.5) is 5.69 Å². The molecule has 0 bridgehead atoms. The lowest BCUT2D eigenvalue weighted by Gasteiger charge is -2.17. The van der Waals surface area contributed by atoms with Gasteiger partial charge in [0.2, 0.25) is 0 Å². The molecule has 0 aliphatic carbocycles. The number of aliphatic hydroxyl groups is 1. The summed E-state index contributed by atoms with van der Waals surface area (Å²) in [5, 5.41) is 20.7. The first kappa shape index (κ1) is 14.1. The van der Waals surface area contributed by atoms with E-state index in [1.807, 2.05) is 0 Å². The van der Waals surface area contributed by atoms with Crippen molar-refractivity contribution >= 4 is 11.7 Å². The Bertz CT molecular complexity index is 449. The minimum absolute atomic E-state index is 0.0111.